The van der Waals surface area contributed by atoms with Crippen LogP contribution in [0.15, 0.2) is 52.1 Å². The maximum atomic E-state index is 13.8. The largest absolute Gasteiger partial charge is 0.466 e. The van der Waals surface area contributed by atoms with Gasteiger partial charge in [0.1, 0.15) is 11.1 Å². The molecule has 2 rings (SSSR count). The van der Waals surface area contributed by atoms with E-state index in [1.165, 1.54) is 13.4 Å². The molecule has 7 nitrogen and oxygen atoms in total. The van der Waals surface area contributed by atoms with Crippen LogP contribution in [0.25, 0.3) is 5.57 Å². The SMILES string of the molecule is CCCCN(CCCC)C1=C(c2ccccc2)C(C)(S(=O)(=O)/N=C/N(C)C)CC(C(=O)OC)=C1. The second-order valence-electron chi connectivity index (χ2n) is 9.05. The van der Waals surface area contributed by atoms with Crippen molar-refractivity contribution >= 4 is 27.9 Å². The van der Waals surface area contributed by atoms with Crippen LogP contribution in [0.4, 0.5) is 0 Å². The topological polar surface area (TPSA) is 79.3 Å². The van der Waals surface area contributed by atoms with Gasteiger partial charge >= 0.3 is 5.97 Å². The van der Waals surface area contributed by atoms with E-state index in [-0.39, 0.29) is 6.42 Å². The Hall–Kier alpha value is -2.61. The Morgan fingerprint density at radius 1 is 1.12 bits per heavy atom. The van der Waals surface area contributed by atoms with Gasteiger partial charge in [0.05, 0.1) is 7.11 Å². The molecule has 188 valence electrons. The standard InChI is InChI=1S/C26H39N3O4S/c1-7-9-16-29(17-10-8-2)23-18-22(25(30)33-6)19-26(3,34(31,32)27-20-28(4)5)24(23)21-14-12-11-13-15-21/h11-15,18,20H,7-10,16-17,19H2,1-6H3/b27-20+. The van der Waals surface area contributed by atoms with Crippen LogP contribution in [0, 0.1) is 0 Å². The van der Waals surface area contributed by atoms with Crippen LogP contribution in [-0.2, 0) is 19.6 Å². The van der Waals surface area contributed by atoms with Crippen molar-refractivity contribution in [1.82, 2.24) is 9.80 Å². The Bertz CT molecular complexity index is 1020. The molecule has 0 aromatic heterocycles. The van der Waals surface area contributed by atoms with Crippen molar-refractivity contribution in [2.24, 2.45) is 4.40 Å². The minimum Gasteiger partial charge on any atom is -0.466 e. The molecular formula is C26H39N3O4S. The van der Waals surface area contributed by atoms with Gasteiger partial charge in [-0.1, -0.05) is 57.0 Å². The third-order valence-corrected chi connectivity index (χ3v) is 7.88. The highest BCUT2D eigenvalue weighted by molar-refractivity contribution is 7.92. The van der Waals surface area contributed by atoms with Crippen LogP contribution in [0.3, 0.4) is 0 Å². The summed E-state index contributed by atoms with van der Waals surface area (Å²) in [6, 6.07) is 9.56. The van der Waals surface area contributed by atoms with E-state index in [4.69, 9.17) is 4.74 Å². The number of sulfonamides is 1. The zero-order chi connectivity index (χ0) is 25.4. The molecule has 0 N–H and O–H groups in total. The van der Waals surface area contributed by atoms with E-state index in [0.717, 1.165) is 50.0 Å². The molecule has 8 heteroatoms. The lowest BCUT2D eigenvalue weighted by atomic mass is 9.81. The molecule has 0 saturated heterocycles. The first-order chi connectivity index (χ1) is 16.1. The highest BCUT2D eigenvalue weighted by Crippen LogP contribution is 2.46. The van der Waals surface area contributed by atoms with Gasteiger partial charge in [-0.25, -0.2) is 13.2 Å². The number of carbonyl (C=O) groups is 1. The van der Waals surface area contributed by atoms with Gasteiger partial charge in [-0.2, -0.15) is 4.40 Å². The number of nitrogens with zero attached hydrogens (tertiary/aromatic N) is 3. The molecule has 0 fully saturated rings. The zero-order valence-corrected chi connectivity index (χ0v) is 22.2. The molecule has 1 aliphatic rings. The number of esters is 1. The summed E-state index contributed by atoms with van der Waals surface area (Å²) in [5, 5.41) is 0. The lowest BCUT2D eigenvalue weighted by Gasteiger charge is -2.39. The van der Waals surface area contributed by atoms with Crippen molar-refractivity contribution in [3.8, 4) is 0 Å². The molecule has 1 aromatic carbocycles. The van der Waals surface area contributed by atoms with Crippen LogP contribution in [-0.4, -0.2) is 69.6 Å². The summed E-state index contributed by atoms with van der Waals surface area (Å²) in [7, 11) is 0.700. The van der Waals surface area contributed by atoms with E-state index in [1.54, 1.807) is 25.9 Å². The van der Waals surface area contributed by atoms with E-state index in [0.29, 0.717) is 11.1 Å². The molecular weight excluding hydrogens is 450 g/mol. The number of hydrogen-bond acceptors (Lipinski definition) is 5. The minimum atomic E-state index is -4.06. The van der Waals surface area contributed by atoms with E-state index in [1.807, 2.05) is 36.4 Å². The summed E-state index contributed by atoms with van der Waals surface area (Å²) in [5.41, 5.74) is 2.57. The number of carbonyl (C=O) groups excluding carboxylic acids is 1. The fraction of sp³-hybridized carbons (Fsp3) is 0.538. The molecule has 1 unspecified atom stereocenters. The maximum Gasteiger partial charge on any atom is 0.333 e. The van der Waals surface area contributed by atoms with Crippen molar-refractivity contribution in [1.29, 1.82) is 0 Å². The summed E-state index contributed by atoms with van der Waals surface area (Å²) >= 11 is 0. The second kappa shape index (κ2) is 12.2. The Labute approximate surface area is 205 Å². The van der Waals surface area contributed by atoms with E-state index in [2.05, 4.69) is 23.1 Å². The fourth-order valence-electron chi connectivity index (χ4n) is 4.12. The van der Waals surface area contributed by atoms with Crippen LogP contribution in [0.1, 0.15) is 58.4 Å². The van der Waals surface area contributed by atoms with Crippen molar-refractivity contribution in [3.05, 3.63) is 53.2 Å². The Morgan fingerprint density at radius 3 is 2.21 bits per heavy atom. The number of ether oxygens (including phenoxy) is 1. The molecule has 0 bridgehead atoms. The fourth-order valence-corrected chi connectivity index (χ4v) is 5.49. The lowest BCUT2D eigenvalue weighted by Crippen LogP contribution is -2.42. The van der Waals surface area contributed by atoms with Gasteiger partial charge < -0.3 is 14.5 Å². The zero-order valence-electron chi connectivity index (χ0n) is 21.4. The summed E-state index contributed by atoms with van der Waals surface area (Å²) < 4.78 is 35.2. The quantitative estimate of drug-likeness (QED) is 0.245. The molecule has 1 aliphatic carbocycles. The molecule has 0 heterocycles. The first kappa shape index (κ1) is 27.6. The number of rotatable bonds is 12. The average Bonchev–Trinajstić information content (AvgIpc) is 2.82. The highest BCUT2D eigenvalue weighted by atomic mass is 32.2. The van der Waals surface area contributed by atoms with Crippen LogP contribution >= 0.6 is 0 Å². The minimum absolute atomic E-state index is 0.0180. The van der Waals surface area contributed by atoms with Crippen LogP contribution in [0.5, 0.6) is 0 Å². The summed E-state index contributed by atoms with van der Waals surface area (Å²) in [6.45, 7) is 7.47. The molecule has 0 radical (unpaired) electrons. The van der Waals surface area contributed by atoms with Gasteiger partial charge in [0.15, 0.2) is 0 Å². The average molecular weight is 490 g/mol. The predicted molar refractivity (Wildman–Crippen MR) is 139 cm³/mol. The molecule has 0 spiro atoms. The Morgan fingerprint density at radius 2 is 1.71 bits per heavy atom. The van der Waals surface area contributed by atoms with Gasteiger partial charge in [0.25, 0.3) is 10.0 Å². The monoisotopic (exact) mass is 489 g/mol. The van der Waals surface area contributed by atoms with Crippen molar-refractivity contribution in [2.75, 3.05) is 34.3 Å². The van der Waals surface area contributed by atoms with Crippen molar-refractivity contribution in [3.63, 3.8) is 0 Å². The molecule has 0 amide bonds. The number of unbranched alkanes of at least 4 members (excludes halogenated alkanes) is 2. The Kier molecular flexibility index (Phi) is 9.91. The highest BCUT2D eigenvalue weighted by Gasteiger charge is 2.49. The number of hydrogen-bond donors (Lipinski definition) is 0. The van der Waals surface area contributed by atoms with Gasteiger partial charge in [0, 0.05) is 50.4 Å². The number of benzene rings is 1. The van der Waals surface area contributed by atoms with Gasteiger partial charge in [-0.3, -0.25) is 0 Å². The summed E-state index contributed by atoms with van der Waals surface area (Å²) in [4.78, 5) is 16.5. The smallest absolute Gasteiger partial charge is 0.333 e. The van der Waals surface area contributed by atoms with Crippen LogP contribution < -0.4 is 0 Å². The summed E-state index contributed by atoms with van der Waals surface area (Å²) in [5.74, 6) is -0.520. The first-order valence-electron chi connectivity index (χ1n) is 11.9. The van der Waals surface area contributed by atoms with E-state index in [9.17, 15) is 13.2 Å². The molecule has 1 aromatic rings. The lowest BCUT2D eigenvalue weighted by molar-refractivity contribution is -0.136. The number of allylic oxidation sites excluding steroid dienone is 1. The van der Waals surface area contributed by atoms with Gasteiger partial charge in [0.2, 0.25) is 0 Å². The molecule has 0 saturated carbocycles. The predicted octanol–water partition coefficient (Wildman–Crippen LogP) is 4.48. The van der Waals surface area contributed by atoms with Crippen molar-refractivity contribution < 1.29 is 17.9 Å². The third kappa shape index (κ3) is 6.29. The second-order valence-corrected chi connectivity index (χ2v) is 11.1. The van der Waals surface area contributed by atoms with Gasteiger partial charge in [-0.05, 0) is 31.4 Å². The van der Waals surface area contributed by atoms with Gasteiger partial charge in [-0.15, -0.1) is 0 Å². The maximum absolute atomic E-state index is 13.8. The number of methoxy groups -OCH3 is 1. The van der Waals surface area contributed by atoms with Crippen LogP contribution in [0.2, 0.25) is 0 Å². The normalized spacial score (nSPS) is 18.7. The molecule has 1 atom stereocenters. The Balaban J connectivity index is 2.90. The molecule has 34 heavy (non-hydrogen) atoms. The summed E-state index contributed by atoms with van der Waals surface area (Å²) in [6.07, 6.45) is 7.03. The molecule has 0 aliphatic heterocycles. The van der Waals surface area contributed by atoms with E-state index >= 15 is 0 Å². The third-order valence-electron chi connectivity index (χ3n) is 6.02. The van der Waals surface area contributed by atoms with E-state index < -0.39 is 20.7 Å². The first-order valence-corrected chi connectivity index (χ1v) is 13.4. The van der Waals surface area contributed by atoms with Crippen molar-refractivity contribution in [2.45, 2.75) is 57.6 Å².